The molecule has 2 aromatic rings. The maximum Gasteiger partial charge on any atom is 0.258 e. The fourth-order valence-corrected chi connectivity index (χ4v) is 1.35. The van der Waals surface area contributed by atoms with Crippen LogP contribution in [0, 0.1) is 0 Å². The van der Waals surface area contributed by atoms with Crippen LogP contribution >= 0.6 is 0 Å². The molecule has 0 unspecified atom stereocenters. The maximum absolute atomic E-state index is 11.7. The van der Waals surface area contributed by atoms with E-state index in [9.17, 15) is 4.79 Å². The Kier molecular flexibility index (Phi) is 2.14. The van der Waals surface area contributed by atoms with Crippen molar-refractivity contribution in [1.82, 2.24) is 9.55 Å². The number of aryl methyl sites for hydroxylation is 1. The van der Waals surface area contributed by atoms with Gasteiger partial charge in [0.15, 0.2) is 0 Å². The van der Waals surface area contributed by atoms with Crippen LogP contribution in [0.25, 0.3) is 11.1 Å². The molecule has 14 heavy (non-hydrogen) atoms. The van der Waals surface area contributed by atoms with Crippen molar-refractivity contribution in [2.75, 3.05) is 0 Å². The predicted molar refractivity (Wildman–Crippen MR) is 54.9 cm³/mol. The molecule has 0 aliphatic rings. The van der Waals surface area contributed by atoms with Crippen LogP contribution in [0.2, 0.25) is 0 Å². The first-order valence-electron chi connectivity index (χ1n) is 4.35. The molecular weight excluding hydrogens is 176 g/mol. The zero-order valence-electron chi connectivity index (χ0n) is 7.84. The maximum atomic E-state index is 11.7. The van der Waals surface area contributed by atoms with Crippen LogP contribution in [0.5, 0.6) is 0 Å². The third-order valence-electron chi connectivity index (χ3n) is 2.11. The summed E-state index contributed by atoms with van der Waals surface area (Å²) in [5, 5.41) is 0. The zero-order chi connectivity index (χ0) is 9.97. The summed E-state index contributed by atoms with van der Waals surface area (Å²) in [4.78, 5) is 15.6. The van der Waals surface area contributed by atoms with E-state index in [1.54, 1.807) is 30.2 Å². The van der Waals surface area contributed by atoms with Gasteiger partial charge in [0.1, 0.15) is 0 Å². The van der Waals surface area contributed by atoms with Gasteiger partial charge < -0.3 is 4.57 Å². The number of nitrogens with zero attached hydrogens (tertiary/aromatic N) is 2. The van der Waals surface area contributed by atoms with Gasteiger partial charge in [-0.1, -0.05) is 0 Å². The molecule has 0 spiro atoms. The molecule has 0 radical (unpaired) electrons. The molecule has 0 bridgehead atoms. The predicted octanol–water partition coefficient (Wildman–Crippen LogP) is 1.45. The van der Waals surface area contributed by atoms with Crippen LogP contribution in [0.3, 0.4) is 0 Å². The van der Waals surface area contributed by atoms with Crippen LogP contribution in [0.1, 0.15) is 0 Å². The van der Waals surface area contributed by atoms with E-state index < -0.39 is 0 Å². The average molecular weight is 186 g/mol. The molecule has 70 valence electrons. The second kappa shape index (κ2) is 3.46. The summed E-state index contributed by atoms with van der Waals surface area (Å²) in [5.74, 6) is 0. The van der Waals surface area contributed by atoms with Gasteiger partial charge >= 0.3 is 0 Å². The fraction of sp³-hybridized carbons (Fsp3) is 0.0909. The monoisotopic (exact) mass is 186 g/mol. The Morgan fingerprint density at radius 1 is 1.21 bits per heavy atom. The highest BCUT2D eigenvalue weighted by atomic mass is 16.1. The van der Waals surface area contributed by atoms with Crippen molar-refractivity contribution in [3.8, 4) is 11.1 Å². The number of hydrogen-bond acceptors (Lipinski definition) is 2. The van der Waals surface area contributed by atoms with Crippen LogP contribution in [0.15, 0.2) is 47.7 Å². The third-order valence-corrected chi connectivity index (χ3v) is 2.11. The van der Waals surface area contributed by atoms with Crippen molar-refractivity contribution in [2.45, 2.75) is 0 Å². The van der Waals surface area contributed by atoms with Gasteiger partial charge in [-0.25, -0.2) is 0 Å². The molecule has 2 aromatic heterocycles. The first-order valence-corrected chi connectivity index (χ1v) is 4.35. The quantitative estimate of drug-likeness (QED) is 0.675. The number of rotatable bonds is 1. The molecule has 0 amide bonds. The van der Waals surface area contributed by atoms with Gasteiger partial charge in [-0.3, -0.25) is 9.78 Å². The second-order valence-corrected chi connectivity index (χ2v) is 3.07. The number of aromatic nitrogens is 2. The first-order chi connectivity index (χ1) is 6.79. The Bertz CT molecular complexity index is 488. The van der Waals surface area contributed by atoms with Gasteiger partial charge in [0.05, 0.1) is 0 Å². The minimum atomic E-state index is 0.0127. The van der Waals surface area contributed by atoms with E-state index in [1.165, 1.54) is 0 Å². The van der Waals surface area contributed by atoms with Crippen molar-refractivity contribution >= 4 is 0 Å². The summed E-state index contributed by atoms with van der Waals surface area (Å²) in [7, 11) is 1.74. The first kappa shape index (κ1) is 8.69. The summed E-state index contributed by atoms with van der Waals surface area (Å²) in [6.07, 6.45) is 5.11. The van der Waals surface area contributed by atoms with Gasteiger partial charge in [0, 0.05) is 31.2 Å². The van der Waals surface area contributed by atoms with Crippen LogP contribution < -0.4 is 5.56 Å². The lowest BCUT2D eigenvalue weighted by atomic mass is 10.1. The zero-order valence-corrected chi connectivity index (χ0v) is 7.84. The largest absolute Gasteiger partial charge is 0.318 e. The molecule has 2 heterocycles. The molecule has 0 aromatic carbocycles. The summed E-state index contributed by atoms with van der Waals surface area (Å²) < 4.78 is 1.57. The van der Waals surface area contributed by atoms with Crippen molar-refractivity contribution in [3.63, 3.8) is 0 Å². The van der Waals surface area contributed by atoms with Crippen molar-refractivity contribution < 1.29 is 0 Å². The van der Waals surface area contributed by atoms with Gasteiger partial charge in [-0.2, -0.15) is 0 Å². The third kappa shape index (κ3) is 1.44. The van der Waals surface area contributed by atoms with E-state index in [1.807, 2.05) is 24.3 Å². The SMILES string of the molecule is Cn1cccc(-c2ccncc2)c1=O. The molecule has 0 fully saturated rings. The number of hydrogen-bond donors (Lipinski definition) is 0. The average Bonchev–Trinajstić information content (AvgIpc) is 2.23. The summed E-state index contributed by atoms with van der Waals surface area (Å²) in [6.45, 7) is 0. The van der Waals surface area contributed by atoms with E-state index in [0.29, 0.717) is 5.56 Å². The summed E-state index contributed by atoms with van der Waals surface area (Å²) in [6, 6.07) is 7.34. The van der Waals surface area contributed by atoms with E-state index in [2.05, 4.69) is 4.98 Å². The Labute approximate surface area is 81.7 Å². The van der Waals surface area contributed by atoms with Gasteiger partial charge in [-0.05, 0) is 29.8 Å². The second-order valence-electron chi connectivity index (χ2n) is 3.07. The molecule has 0 aliphatic carbocycles. The Morgan fingerprint density at radius 3 is 2.64 bits per heavy atom. The molecule has 0 aliphatic heterocycles. The standard InChI is InChI=1S/C11H10N2O/c1-13-8-2-3-10(11(13)14)9-4-6-12-7-5-9/h2-8H,1H3. The highest BCUT2D eigenvalue weighted by molar-refractivity contribution is 5.61. The van der Waals surface area contributed by atoms with Crippen molar-refractivity contribution in [3.05, 3.63) is 53.2 Å². The molecule has 0 saturated heterocycles. The Balaban J connectivity index is 2.64. The highest BCUT2D eigenvalue weighted by Crippen LogP contribution is 2.12. The van der Waals surface area contributed by atoms with Crippen LogP contribution in [-0.4, -0.2) is 9.55 Å². The van der Waals surface area contributed by atoms with Gasteiger partial charge in [0.25, 0.3) is 5.56 Å². The lowest BCUT2D eigenvalue weighted by Gasteiger charge is -2.01. The molecule has 3 nitrogen and oxygen atoms in total. The number of pyridine rings is 2. The van der Waals surface area contributed by atoms with E-state index in [-0.39, 0.29) is 5.56 Å². The molecule has 0 atom stereocenters. The molecule has 3 heteroatoms. The normalized spacial score (nSPS) is 10.1. The summed E-state index contributed by atoms with van der Waals surface area (Å²) >= 11 is 0. The Hall–Kier alpha value is -1.90. The van der Waals surface area contributed by atoms with Crippen LogP contribution in [-0.2, 0) is 7.05 Å². The molecule has 2 rings (SSSR count). The van der Waals surface area contributed by atoms with Crippen molar-refractivity contribution in [1.29, 1.82) is 0 Å². The van der Waals surface area contributed by atoms with Gasteiger partial charge in [-0.15, -0.1) is 0 Å². The van der Waals surface area contributed by atoms with E-state index in [4.69, 9.17) is 0 Å². The molecule has 0 N–H and O–H groups in total. The highest BCUT2D eigenvalue weighted by Gasteiger charge is 2.02. The molecular formula is C11H10N2O. The van der Waals surface area contributed by atoms with Gasteiger partial charge in [0.2, 0.25) is 0 Å². The van der Waals surface area contributed by atoms with E-state index in [0.717, 1.165) is 5.56 Å². The molecule has 0 saturated carbocycles. The fourth-order valence-electron chi connectivity index (χ4n) is 1.35. The minimum Gasteiger partial charge on any atom is -0.318 e. The topological polar surface area (TPSA) is 34.9 Å². The minimum absolute atomic E-state index is 0.0127. The lowest BCUT2D eigenvalue weighted by Crippen LogP contribution is -2.17. The smallest absolute Gasteiger partial charge is 0.258 e. The van der Waals surface area contributed by atoms with Crippen LogP contribution in [0.4, 0.5) is 0 Å². The lowest BCUT2D eigenvalue weighted by molar-refractivity contribution is 0.863. The Morgan fingerprint density at radius 2 is 1.93 bits per heavy atom. The summed E-state index contributed by atoms with van der Waals surface area (Å²) in [5.41, 5.74) is 1.62. The van der Waals surface area contributed by atoms with E-state index >= 15 is 0 Å². The van der Waals surface area contributed by atoms with Crippen molar-refractivity contribution in [2.24, 2.45) is 7.05 Å².